The molecule has 0 amide bonds. The average molecular weight is 273 g/mol. The second kappa shape index (κ2) is 5.83. The van der Waals surface area contributed by atoms with Gasteiger partial charge in [-0.15, -0.1) is 0 Å². The van der Waals surface area contributed by atoms with Crippen molar-refractivity contribution in [2.24, 2.45) is 0 Å². The molecule has 1 saturated heterocycles. The van der Waals surface area contributed by atoms with E-state index in [1.165, 1.54) is 24.1 Å². The van der Waals surface area contributed by atoms with Gasteiger partial charge in [0.2, 0.25) is 0 Å². The monoisotopic (exact) mass is 273 g/mol. The number of nitrogens with zero attached hydrogens (tertiary/aromatic N) is 2. The average Bonchev–Trinajstić information content (AvgIpc) is 3.08. The van der Waals surface area contributed by atoms with E-state index < -0.39 is 0 Å². The number of hydrogen-bond donors (Lipinski definition) is 1. The molecule has 1 atom stereocenters. The van der Waals surface area contributed by atoms with Gasteiger partial charge in [0.05, 0.1) is 12.7 Å². The number of aryl methyl sites for hydroxylation is 2. The van der Waals surface area contributed by atoms with Crippen LogP contribution in [0.4, 0.5) is 0 Å². The Bertz CT molecular complexity index is 558. The number of rotatable bonds is 4. The Hall–Kier alpha value is -1.55. The SMILES string of the molecule is CCc1cn[nH]c1[C@@H]1CCCN(Cc2ccc(C)o2)C1. The third-order valence-electron chi connectivity index (χ3n) is 4.22. The number of furan rings is 1. The van der Waals surface area contributed by atoms with Crippen molar-refractivity contribution in [2.75, 3.05) is 13.1 Å². The van der Waals surface area contributed by atoms with Crippen LogP contribution in [0.3, 0.4) is 0 Å². The number of aromatic amines is 1. The lowest BCUT2D eigenvalue weighted by atomic mass is 9.92. The topological polar surface area (TPSA) is 45.1 Å². The third-order valence-corrected chi connectivity index (χ3v) is 4.22. The molecule has 0 unspecified atom stereocenters. The highest BCUT2D eigenvalue weighted by atomic mass is 16.3. The molecule has 1 aliphatic rings. The Labute approximate surface area is 120 Å². The lowest BCUT2D eigenvalue weighted by molar-refractivity contribution is 0.184. The zero-order chi connectivity index (χ0) is 13.9. The summed E-state index contributed by atoms with van der Waals surface area (Å²) in [5, 5.41) is 7.43. The van der Waals surface area contributed by atoms with Crippen molar-refractivity contribution in [3.8, 4) is 0 Å². The van der Waals surface area contributed by atoms with Gasteiger partial charge in [0.15, 0.2) is 0 Å². The summed E-state index contributed by atoms with van der Waals surface area (Å²) in [5.41, 5.74) is 2.71. The van der Waals surface area contributed by atoms with E-state index >= 15 is 0 Å². The molecule has 4 heteroatoms. The fraction of sp³-hybridized carbons (Fsp3) is 0.562. The van der Waals surface area contributed by atoms with Crippen molar-refractivity contribution in [2.45, 2.75) is 45.6 Å². The van der Waals surface area contributed by atoms with Crippen molar-refractivity contribution >= 4 is 0 Å². The predicted molar refractivity (Wildman–Crippen MR) is 78.7 cm³/mol. The standard InChI is InChI=1S/C16H23N3O/c1-3-13-9-17-18-16(13)14-5-4-8-19(10-14)11-15-7-6-12(2)20-15/h6-7,9,14H,3-5,8,10-11H2,1-2H3,(H,17,18)/t14-/m1/s1. The molecule has 0 aliphatic carbocycles. The normalized spacial score (nSPS) is 20.4. The lowest BCUT2D eigenvalue weighted by Crippen LogP contribution is -2.34. The minimum Gasteiger partial charge on any atom is -0.465 e. The van der Waals surface area contributed by atoms with E-state index in [2.05, 4.69) is 28.1 Å². The van der Waals surface area contributed by atoms with Crippen LogP contribution >= 0.6 is 0 Å². The second-order valence-electron chi connectivity index (χ2n) is 5.75. The van der Waals surface area contributed by atoms with Crippen LogP contribution in [0.15, 0.2) is 22.7 Å². The van der Waals surface area contributed by atoms with Gasteiger partial charge >= 0.3 is 0 Å². The fourth-order valence-corrected chi connectivity index (χ4v) is 3.18. The summed E-state index contributed by atoms with van der Waals surface area (Å²) in [4.78, 5) is 2.49. The highest BCUT2D eigenvalue weighted by Crippen LogP contribution is 2.28. The van der Waals surface area contributed by atoms with Crippen molar-refractivity contribution in [1.29, 1.82) is 0 Å². The molecule has 3 rings (SSSR count). The molecule has 0 aromatic carbocycles. The lowest BCUT2D eigenvalue weighted by Gasteiger charge is -2.32. The zero-order valence-electron chi connectivity index (χ0n) is 12.4. The zero-order valence-corrected chi connectivity index (χ0v) is 12.4. The molecule has 2 aromatic heterocycles. The molecule has 0 spiro atoms. The number of hydrogen-bond acceptors (Lipinski definition) is 3. The molecule has 108 valence electrons. The van der Waals surface area contributed by atoms with Crippen molar-refractivity contribution < 1.29 is 4.42 Å². The molecule has 2 aromatic rings. The van der Waals surface area contributed by atoms with Crippen molar-refractivity contribution in [3.05, 3.63) is 41.1 Å². The van der Waals surface area contributed by atoms with Crippen molar-refractivity contribution in [3.63, 3.8) is 0 Å². The minimum atomic E-state index is 0.581. The van der Waals surface area contributed by atoms with Gasteiger partial charge in [0, 0.05) is 18.2 Å². The molecule has 0 saturated carbocycles. The molecular formula is C16H23N3O. The Morgan fingerprint density at radius 3 is 3.10 bits per heavy atom. The molecule has 20 heavy (non-hydrogen) atoms. The Kier molecular flexibility index (Phi) is 3.92. The first kappa shape index (κ1) is 13.4. The van der Waals surface area contributed by atoms with Crippen LogP contribution in [0, 0.1) is 6.92 Å². The first-order valence-electron chi connectivity index (χ1n) is 7.56. The van der Waals surface area contributed by atoms with Crippen molar-refractivity contribution in [1.82, 2.24) is 15.1 Å². The fourth-order valence-electron chi connectivity index (χ4n) is 3.18. The van der Waals surface area contributed by atoms with Gasteiger partial charge in [-0.1, -0.05) is 6.92 Å². The van der Waals surface area contributed by atoms with Crippen LogP contribution in [-0.2, 0) is 13.0 Å². The molecule has 3 heterocycles. The number of H-pyrrole nitrogens is 1. The Balaban J connectivity index is 1.67. The molecule has 0 bridgehead atoms. The van der Waals surface area contributed by atoms with Crippen LogP contribution < -0.4 is 0 Å². The van der Waals surface area contributed by atoms with Gasteiger partial charge < -0.3 is 4.42 Å². The van der Waals surface area contributed by atoms with Gasteiger partial charge in [0.25, 0.3) is 0 Å². The number of piperidine rings is 1. The Morgan fingerprint density at radius 2 is 2.35 bits per heavy atom. The maximum absolute atomic E-state index is 5.70. The van der Waals surface area contributed by atoms with Gasteiger partial charge in [-0.25, -0.2) is 0 Å². The largest absolute Gasteiger partial charge is 0.465 e. The summed E-state index contributed by atoms with van der Waals surface area (Å²) >= 11 is 0. The van der Waals surface area contributed by atoms with E-state index in [9.17, 15) is 0 Å². The molecule has 1 N–H and O–H groups in total. The Morgan fingerprint density at radius 1 is 1.45 bits per heavy atom. The van der Waals surface area contributed by atoms with E-state index in [0.29, 0.717) is 5.92 Å². The summed E-state index contributed by atoms with van der Waals surface area (Å²) in [6.45, 7) is 7.36. The first-order valence-corrected chi connectivity index (χ1v) is 7.56. The smallest absolute Gasteiger partial charge is 0.118 e. The molecular weight excluding hydrogens is 250 g/mol. The van der Waals surface area contributed by atoms with Gasteiger partial charge in [-0.2, -0.15) is 5.10 Å². The van der Waals surface area contributed by atoms with Crippen LogP contribution in [0.25, 0.3) is 0 Å². The predicted octanol–water partition coefficient (Wildman–Crippen LogP) is 3.25. The van der Waals surface area contributed by atoms with E-state index in [1.807, 2.05) is 19.2 Å². The maximum Gasteiger partial charge on any atom is 0.118 e. The third kappa shape index (κ3) is 2.80. The minimum absolute atomic E-state index is 0.581. The first-order chi connectivity index (χ1) is 9.76. The van der Waals surface area contributed by atoms with Crippen LogP contribution in [0.1, 0.15) is 48.5 Å². The van der Waals surface area contributed by atoms with Crippen LogP contribution in [0.5, 0.6) is 0 Å². The summed E-state index contributed by atoms with van der Waals surface area (Å²) in [5.74, 6) is 2.65. The number of nitrogens with one attached hydrogen (secondary N) is 1. The molecule has 1 aliphatic heterocycles. The summed E-state index contributed by atoms with van der Waals surface area (Å²) in [6, 6.07) is 4.13. The summed E-state index contributed by atoms with van der Waals surface area (Å²) in [6.07, 6.45) is 5.53. The van der Waals surface area contributed by atoms with Gasteiger partial charge in [-0.3, -0.25) is 10.00 Å². The van der Waals surface area contributed by atoms with Gasteiger partial charge in [0.1, 0.15) is 11.5 Å². The van der Waals surface area contributed by atoms with Gasteiger partial charge in [-0.05, 0) is 50.4 Å². The highest BCUT2D eigenvalue weighted by molar-refractivity contribution is 5.21. The second-order valence-corrected chi connectivity index (χ2v) is 5.75. The van der Waals surface area contributed by atoms with E-state index in [0.717, 1.165) is 37.6 Å². The summed E-state index contributed by atoms with van der Waals surface area (Å²) in [7, 11) is 0. The number of aromatic nitrogens is 2. The van der Waals surface area contributed by atoms with E-state index in [1.54, 1.807) is 0 Å². The van der Waals surface area contributed by atoms with E-state index in [4.69, 9.17) is 4.42 Å². The van der Waals surface area contributed by atoms with Crippen LogP contribution in [-0.4, -0.2) is 28.2 Å². The summed E-state index contributed by atoms with van der Waals surface area (Å²) < 4.78 is 5.70. The van der Waals surface area contributed by atoms with E-state index in [-0.39, 0.29) is 0 Å². The highest BCUT2D eigenvalue weighted by Gasteiger charge is 2.24. The molecule has 4 nitrogen and oxygen atoms in total. The molecule has 0 radical (unpaired) electrons. The quantitative estimate of drug-likeness (QED) is 0.930. The maximum atomic E-state index is 5.70. The molecule has 1 fully saturated rings. The van der Waals surface area contributed by atoms with Crippen LogP contribution in [0.2, 0.25) is 0 Å². The number of likely N-dealkylation sites (tertiary alicyclic amines) is 1.